The molecular weight excluding hydrogens is 128 g/mol. The van der Waals surface area contributed by atoms with Crippen LogP contribution in [0.25, 0.3) is 0 Å². The van der Waals surface area contributed by atoms with Crippen LogP contribution in [0.5, 0.6) is 0 Å². The second-order valence-electron chi connectivity index (χ2n) is 1.92. The molecule has 0 saturated heterocycles. The second-order valence-corrected chi connectivity index (χ2v) is 1.92. The molecule has 0 saturated carbocycles. The van der Waals surface area contributed by atoms with Gasteiger partial charge in [0.05, 0.1) is 5.71 Å². The lowest BCUT2D eigenvalue weighted by Gasteiger charge is -1.91. The van der Waals surface area contributed by atoms with E-state index in [0.29, 0.717) is 0 Å². The summed E-state index contributed by atoms with van der Waals surface area (Å²) in [4.78, 5) is 10.3. The number of nitrogens with zero attached hydrogens (tertiary/aromatic N) is 1. The fourth-order valence-electron chi connectivity index (χ4n) is 0.445. The van der Waals surface area contributed by atoms with Crippen molar-refractivity contribution in [3.05, 3.63) is 12.2 Å². The zero-order valence-electron chi connectivity index (χ0n) is 6.51. The number of amides is 1. The van der Waals surface area contributed by atoms with Crippen molar-refractivity contribution in [3.63, 3.8) is 0 Å². The van der Waals surface area contributed by atoms with E-state index in [1.807, 2.05) is 26.0 Å². The van der Waals surface area contributed by atoms with Crippen LogP contribution in [-0.4, -0.2) is 11.6 Å². The number of allylic oxidation sites excluding steroid dienone is 2. The van der Waals surface area contributed by atoms with E-state index in [-0.39, 0.29) is 5.91 Å². The van der Waals surface area contributed by atoms with E-state index in [9.17, 15) is 4.79 Å². The van der Waals surface area contributed by atoms with Gasteiger partial charge < -0.3 is 0 Å². The van der Waals surface area contributed by atoms with E-state index in [1.54, 1.807) is 0 Å². The first-order chi connectivity index (χ1) is 4.66. The monoisotopic (exact) mass is 140 g/mol. The van der Waals surface area contributed by atoms with Crippen LogP contribution in [0.1, 0.15) is 20.8 Å². The number of nitrogens with one attached hydrogen (secondary N) is 1. The topological polar surface area (TPSA) is 41.5 Å². The van der Waals surface area contributed by atoms with Gasteiger partial charge in [-0.2, -0.15) is 5.10 Å². The summed E-state index contributed by atoms with van der Waals surface area (Å²) in [5, 5.41) is 3.74. The fraction of sp³-hybridized carbons (Fsp3) is 0.429. The van der Waals surface area contributed by atoms with Gasteiger partial charge in [0.1, 0.15) is 0 Å². The molecule has 0 fully saturated rings. The van der Waals surface area contributed by atoms with Crippen molar-refractivity contribution in [2.45, 2.75) is 20.8 Å². The van der Waals surface area contributed by atoms with Crippen molar-refractivity contribution in [3.8, 4) is 0 Å². The van der Waals surface area contributed by atoms with Crippen molar-refractivity contribution in [2.24, 2.45) is 5.10 Å². The number of hydrogen-bond acceptors (Lipinski definition) is 2. The van der Waals surface area contributed by atoms with Gasteiger partial charge >= 0.3 is 0 Å². The highest BCUT2D eigenvalue weighted by atomic mass is 16.2. The molecule has 0 aliphatic carbocycles. The quantitative estimate of drug-likeness (QED) is 0.452. The van der Waals surface area contributed by atoms with Gasteiger partial charge in [0, 0.05) is 6.92 Å². The minimum atomic E-state index is -0.149. The SMILES string of the molecule is C/C=C/C(C)=N/NC(C)=O. The maximum absolute atomic E-state index is 10.3. The van der Waals surface area contributed by atoms with Crippen molar-refractivity contribution in [1.29, 1.82) is 0 Å². The van der Waals surface area contributed by atoms with Crippen LogP contribution in [0.3, 0.4) is 0 Å². The van der Waals surface area contributed by atoms with Crippen molar-refractivity contribution in [1.82, 2.24) is 5.43 Å². The predicted octanol–water partition coefficient (Wildman–Crippen LogP) is 1.07. The molecule has 0 aliphatic rings. The van der Waals surface area contributed by atoms with Gasteiger partial charge in [0.2, 0.25) is 5.91 Å². The third-order valence-electron chi connectivity index (χ3n) is 0.798. The van der Waals surface area contributed by atoms with E-state index in [1.165, 1.54) is 6.92 Å². The summed E-state index contributed by atoms with van der Waals surface area (Å²) in [5.74, 6) is -0.149. The van der Waals surface area contributed by atoms with Crippen LogP contribution >= 0.6 is 0 Å². The number of hydrazone groups is 1. The van der Waals surface area contributed by atoms with Gasteiger partial charge in [-0.25, -0.2) is 5.43 Å². The lowest BCUT2D eigenvalue weighted by atomic mass is 10.4. The molecule has 0 heterocycles. The van der Waals surface area contributed by atoms with Gasteiger partial charge in [-0.1, -0.05) is 6.08 Å². The smallest absolute Gasteiger partial charge is 0.236 e. The van der Waals surface area contributed by atoms with Crippen LogP contribution < -0.4 is 5.43 Å². The van der Waals surface area contributed by atoms with Crippen LogP contribution in [0.2, 0.25) is 0 Å². The Morgan fingerprint density at radius 3 is 2.50 bits per heavy atom. The van der Waals surface area contributed by atoms with Crippen LogP contribution in [0.15, 0.2) is 17.3 Å². The van der Waals surface area contributed by atoms with Crippen LogP contribution in [0.4, 0.5) is 0 Å². The molecule has 0 aliphatic heterocycles. The average Bonchev–Trinajstić information content (AvgIpc) is 1.85. The van der Waals surface area contributed by atoms with Gasteiger partial charge in [0.25, 0.3) is 0 Å². The standard InChI is InChI=1S/C7H12N2O/c1-4-5-6(2)8-9-7(3)10/h4-5H,1-3H3,(H,9,10)/b5-4+,8-6+. The summed E-state index contributed by atoms with van der Waals surface area (Å²) >= 11 is 0. The lowest BCUT2D eigenvalue weighted by Crippen LogP contribution is -2.13. The first kappa shape index (κ1) is 8.88. The van der Waals surface area contributed by atoms with E-state index >= 15 is 0 Å². The molecule has 0 spiro atoms. The Morgan fingerprint density at radius 2 is 2.10 bits per heavy atom. The molecule has 0 atom stereocenters. The number of carbonyl (C=O) groups excluding carboxylic acids is 1. The van der Waals surface area contributed by atoms with Crippen LogP contribution in [-0.2, 0) is 4.79 Å². The fourth-order valence-corrected chi connectivity index (χ4v) is 0.445. The first-order valence-corrected chi connectivity index (χ1v) is 3.10. The molecule has 3 nitrogen and oxygen atoms in total. The third kappa shape index (κ3) is 5.03. The van der Waals surface area contributed by atoms with Gasteiger partial charge in [-0.3, -0.25) is 4.79 Å². The lowest BCUT2D eigenvalue weighted by molar-refractivity contribution is -0.118. The summed E-state index contributed by atoms with van der Waals surface area (Å²) in [6.07, 6.45) is 3.68. The Hall–Kier alpha value is -1.12. The summed E-state index contributed by atoms with van der Waals surface area (Å²) < 4.78 is 0. The van der Waals surface area contributed by atoms with E-state index in [2.05, 4.69) is 10.5 Å². The van der Waals surface area contributed by atoms with Crippen molar-refractivity contribution >= 4 is 11.6 Å². The molecule has 0 unspecified atom stereocenters. The molecule has 1 amide bonds. The Morgan fingerprint density at radius 1 is 1.50 bits per heavy atom. The van der Waals surface area contributed by atoms with E-state index in [4.69, 9.17) is 0 Å². The molecular formula is C7H12N2O. The Balaban J connectivity index is 3.80. The summed E-state index contributed by atoms with van der Waals surface area (Å²) in [5.41, 5.74) is 3.12. The minimum Gasteiger partial charge on any atom is -0.274 e. The average molecular weight is 140 g/mol. The molecule has 10 heavy (non-hydrogen) atoms. The zero-order chi connectivity index (χ0) is 7.98. The third-order valence-corrected chi connectivity index (χ3v) is 0.798. The van der Waals surface area contributed by atoms with Gasteiger partial charge in [0.15, 0.2) is 0 Å². The predicted molar refractivity (Wildman–Crippen MR) is 41.7 cm³/mol. The second kappa shape index (κ2) is 4.73. The van der Waals surface area contributed by atoms with E-state index < -0.39 is 0 Å². The van der Waals surface area contributed by atoms with Gasteiger partial charge in [-0.15, -0.1) is 0 Å². The van der Waals surface area contributed by atoms with Crippen molar-refractivity contribution < 1.29 is 4.79 Å². The molecule has 3 heteroatoms. The molecule has 1 N–H and O–H groups in total. The van der Waals surface area contributed by atoms with E-state index in [0.717, 1.165) is 5.71 Å². The highest BCUT2D eigenvalue weighted by Gasteiger charge is 1.84. The summed E-state index contributed by atoms with van der Waals surface area (Å²) in [7, 11) is 0. The normalized spacial score (nSPS) is 12.1. The highest BCUT2D eigenvalue weighted by molar-refractivity contribution is 5.93. The molecule has 56 valence electrons. The maximum Gasteiger partial charge on any atom is 0.236 e. The highest BCUT2D eigenvalue weighted by Crippen LogP contribution is 1.77. The number of carbonyl (C=O) groups is 1. The summed E-state index contributed by atoms with van der Waals surface area (Å²) in [6, 6.07) is 0. The zero-order valence-corrected chi connectivity index (χ0v) is 6.51. The molecule has 0 radical (unpaired) electrons. The largest absolute Gasteiger partial charge is 0.274 e. The van der Waals surface area contributed by atoms with Crippen LogP contribution in [0, 0.1) is 0 Å². The Kier molecular flexibility index (Phi) is 4.20. The Bertz CT molecular complexity index is 170. The number of rotatable bonds is 2. The molecule has 0 aromatic heterocycles. The molecule has 0 aromatic carbocycles. The van der Waals surface area contributed by atoms with Gasteiger partial charge in [-0.05, 0) is 19.9 Å². The molecule has 0 bridgehead atoms. The van der Waals surface area contributed by atoms with Crippen molar-refractivity contribution in [2.75, 3.05) is 0 Å². The number of hydrogen-bond donors (Lipinski definition) is 1. The maximum atomic E-state index is 10.3. The Labute approximate surface area is 60.8 Å². The molecule has 0 rings (SSSR count). The first-order valence-electron chi connectivity index (χ1n) is 3.10. The minimum absolute atomic E-state index is 0.149. The molecule has 0 aromatic rings. The summed E-state index contributed by atoms with van der Waals surface area (Å²) in [6.45, 7) is 5.13.